The summed E-state index contributed by atoms with van der Waals surface area (Å²) in [7, 11) is 0. The largest absolute Gasteiger partial charge is 0.399 e. The van der Waals surface area contributed by atoms with Crippen LogP contribution in [0.1, 0.15) is 5.56 Å². The van der Waals surface area contributed by atoms with Gasteiger partial charge in [-0.2, -0.15) is 0 Å². The number of aliphatic hydroxyl groups excluding tert-OH is 1. The molecule has 0 aliphatic rings. The molecule has 0 atom stereocenters. The lowest BCUT2D eigenvalue weighted by atomic mass is 10.2. The van der Waals surface area contributed by atoms with Gasteiger partial charge in [0, 0.05) is 5.69 Å². The minimum absolute atomic E-state index is 0.0643. The van der Waals surface area contributed by atoms with E-state index in [1.807, 2.05) is 30.3 Å². The Morgan fingerprint density at radius 1 is 1.45 bits per heavy atom. The fourth-order valence-corrected chi connectivity index (χ4v) is 0.851. The maximum atomic E-state index is 8.48. The summed E-state index contributed by atoms with van der Waals surface area (Å²) in [5.74, 6) is 0. The fourth-order valence-electron chi connectivity index (χ4n) is 0.851. The summed E-state index contributed by atoms with van der Waals surface area (Å²) < 4.78 is 0. The van der Waals surface area contributed by atoms with Crippen molar-refractivity contribution in [2.24, 2.45) is 0 Å². The van der Waals surface area contributed by atoms with E-state index >= 15 is 0 Å². The molecule has 58 valence electrons. The van der Waals surface area contributed by atoms with Gasteiger partial charge in [-0.1, -0.05) is 24.3 Å². The number of nitrogen functional groups attached to an aromatic ring is 1. The predicted octanol–water partition coefficient (Wildman–Crippen LogP) is 1.27. The van der Waals surface area contributed by atoms with Crippen LogP contribution in [-0.4, -0.2) is 11.7 Å². The van der Waals surface area contributed by atoms with Crippen molar-refractivity contribution in [1.29, 1.82) is 0 Å². The molecular formula is C9H11NO. The second-order valence-electron chi connectivity index (χ2n) is 2.26. The zero-order chi connectivity index (χ0) is 8.10. The zero-order valence-corrected chi connectivity index (χ0v) is 6.20. The Hall–Kier alpha value is -1.28. The maximum absolute atomic E-state index is 8.48. The Morgan fingerprint density at radius 3 is 2.91 bits per heavy atom. The first-order chi connectivity index (χ1) is 5.33. The van der Waals surface area contributed by atoms with Gasteiger partial charge < -0.3 is 10.8 Å². The molecule has 1 aromatic carbocycles. The van der Waals surface area contributed by atoms with Gasteiger partial charge in [-0.05, 0) is 17.7 Å². The predicted molar refractivity (Wildman–Crippen MR) is 47.0 cm³/mol. The molecule has 0 spiro atoms. The molecule has 0 unspecified atom stereocenters. The molecule has 0 saturated carbocycles. The van der Waals surface area contributed by atoms with E-state index in [1.165, 1.54) is 0 Å². The van der Waals surface area contributed by atoms with Crippen LogP contribution in [-0.2, 0) is 0 Å². The summed E-state index contributed by atoms with van der Waals surface area (Å²) in [5, 5.41) is 8.48. The van der Waals surface area contributed by atoms with Gasteiger partial charge in [0.2, 0.25) is 0 Å². The van der Waals surface area contributed by atoms with Gasteiger partial charge in [-0.25, -0.2) is 0 Å². The van der Waals surface area contributed by atoms with E-state index in [4.69, 9.17) is 10.8 Å². The molecule has 2 heteroatoms. The van der Waals surface area contributed by atoms with Crippen LogP contribution in [0.25, 0.3) is 6.08 Å². The number of rotatable bonds is 2. The standard InChI is InChI=1S/C9H11NO/c10-9-5-1-3-8(7-9)4-2-6-11/h1-5,7,11H,6,10H2/b4-2+. The average molecular weight is 149 g/mol. The Kier molecular flexibility index (Phi) is 2.69. The molecule has 1 rings (SSSR count). The monoisotopic (exact) mass is 149 g/mol. The van der Waals surface area contributed by atoms with Crippen LogP contribution in [0.15, 0.2) is 30.3 Å². The third kappa shape index (κ3) is 2.43. The Bertz CT molecular complexity index is 255. The fraction of sp³-hybridized carbons (Fsp3) is 0.111. The Balaban J connectivity index is 2.79. The van der Waals surface area contributed by atoms with E-state index in [-0.39, 0.29) is 6.61 Å². The van der Waals surface area contributed by atoms with Gasteiger partial charge in [0.25, 0.3) is 0 Å². The quantitative estimate of drug-likeness (QED) is 0.622. The van der Waals surface area contributed by atoms with Crippen LogP contribution < -0.4 is 5.73 Å². The summed E-state index contributed by atoms with van der Waals surface area (Å²) in [6, 6.07) is 7.50. The number of benzene rings is 1. The van der Waals surface area contributed by atoms with Crippen molar-refractivity contribution in [2.75, 3.05) is 12.3 Å². The topological polar surface area (TPSA) is 46.2 Å². The Morgan fingerprint density at radius 2 is 2.27 bits per heavy atom. The van der Waals surface area contributed by atoms with E-state index in [2.05, 4.69) is 0 Å². The number of hydrogen-bond donors (Lipinski definition) is 2. The van der Waals surface area contributed by atoms with Gasteiger partial charge in [-0.15, -0.1) is 0 Å². The third-order valence-corrected chi connectivity index (χ3v) is 1.33. The van der Waals surface area contributed by atoms with Gasteiger partial charge >= 0.3 is 0 Å². The van der Waals surface area contributed by atoms with Crippen LogP contribution in [0.5, 0.6) is 0 Å². The molecule has 0 amide bonds. The van der Waals surface area contributed by atoms with Crippen molar-refractivity contribution >= 4 is 11.8 Å². The highest BCUT2D eigenvalue weighted by Gasteiger charge is 1.85. The van der Waals surface area contributed by atoms with Crippen molar-refractivity contribution in [3.8, 4) is 0 Å². The highest BCUT2D eigenvalue weighted by molar-refractivity contribution is 5.55. The van der Waals surface area contributed by atoms with E-state index in [0.29, 0.717) is 0 Å². The molecular weight excluding hydrogens is 138 g/mol. The molecule has 2 nitrogen and oxygen atoms in total. The molecule has 3 N–H and O–H groups in total. The molecule has 0 saturated heterocycles. The van der Waals surface area contributed by atoms with Crippen molar-refractivity contribution in [1.82, 2.24) is 0 Å². The lowest BCUT2D eigenvalue weighted by molar-refractivity contribution is 0.343. The van der Waals surface area contributed by atoms with E-state index in [0.717, 1.165) is 11.3 Å². The number of hydrogen-bond acceptors (Lipinski definition) is 2. The van der Waals surface area contributed by atoms with Crippen molar-refractivity contribution in [3.05, 3.63) is 35.9 Å². The first-order valence-electron chi connectivity index (χ1n) is 3.46. The van der Waals surface area contributed by atoms with E-state index < -0.39 is 0 Å². The minimum Gasteiger partial charge on any atom is -0.399 e. The second-order valence-corrected chi connectivity index (χ2v) is 2.26. The highest BCUT2D eigenvalue weighted by atomic mass is 16.2. The summed E-state index contributed by atoms with van der Waals surface area (Å²) in [4.78, 5) is 0. The molecule has 0 aliphatic heterocycles. The second kappa shape index (κ2) is 3.78. The number of nitrogens with two attached hydrogens (primary N) is 1. The van der Waals surface area contributed by atoms with Crippen LogP contribution in [0.3, 0.4) is 0 Å². The lowest BCUT2D eigenvalue weighted by Crippen LogP contribution is -1.83. The lowest BCUT2D eigenvalue weighted by Gasteiger charge is -1.94. The number of anilines is 1. The minimum atomic E-state index is 0.0643. The summed E-state index contributed by atoms with van der Waals surface area (Å²) in [5.41, 5.74) is 7.29. The molecule has 0 fully saturated rings. The summed E-state index contributed by atoms with van der Waals surface area (Å²) in [6.45, 7) is 0.0643. The maximum Gasteiger partial charge on any atom is 0.0615 e. The molecule has 0 aromatic heterocycles. The highest BCUT2D eigenvalue weighted by Crippen LogP contribution is 2.07. The molecule has 11 heavy (non-hydrogen) atoms. The van der Waals surface area contributed by atoms with E-state index in [1.54, 1.807) is 6.08 Å². The first kappa shape index (κ1) is 7.82. The van der Waals surface area contributed by atoms with Crippen molar-refractivity contribution in [2.45, 2.75) is 0 Å². The molecule has 0 heterocycles. The molecule has 0 bridgehead atoms. The van der Waals surface area contributed by atoms with Gasteiger partial charge in [0.1, 0.15) is 0 Å². The van der Waals surface area contributed by atoms with Gasteiger partial charge in [0.05, 0.1) is 6.61 Å². The van der Waals surface area contributed by atoms with Crippen molar-refractivity contribution in [3.63, 3.8) is 0 Å². The molecule has 1 aromatic rings. The summed E-state index contributed by atoms with van der Waals surface area (Å²) >= 11 is 0. The van der Waals surface area contributed by atoms with Gasteiger partial charge in [0.15, 0.2) is 0 Å². The number of aliphatic hydroxyl groups is 1. The normalized spacial score (nSPS) is 10.6. The van der Waals surface area contributed by atoms with Crippen LogP contribution >= 0.6 is 0 Å². The Labute approximate surface area is 66.0 Å². The average Bonchev–Trinajstić information content (AvgIpc) is 2.01. The van der Waals surface area contributed by atoms with Crippen LogP contribution in [0.2, 0.25) is 0 Å². The smallest absolute Gasteiger partial charge is 0.0615 e. The summed E-state index contributed by atoms with van der Waals surface area (Å²) in [6.07, 6.45) is 3.51. The molecule has 0 radical (unpaired) electrons. The van der Waals surface area contributed by atoms with Crippen molar-refractivity contribution < 1.29 is 5.11 Å². The zero-order valence-electron chi connectivity index (χ0n) is 6.20. The van der Waals surface area contributed by atoms with Crippen LogP contribution in [0, 0.1) is 0 Å². The van der Waals surface area contributed by atoms with Crippen LogP contribution in [0.4, 0.5) is 5.69 Å². The van der Waals surface area contributed by atoms with Gasteiger partial charge in [-0.3, -0.25) is 0 Å². The molecule has 0 aliphatic carbocycles. The first-order valence-corrected chi connectivity index (χ1v) is 3.46. The van der Waals surface area contributed by atoms with E-state index in [9.17, 15) is 0 Å². The third-order valence-electron chi connectivity index (χ3n) is 1.33. The SMILES string of the molecule is Nc1cccc(/C=C/CO)c1.